The van der Waals surface area contributed by atoms with Gasteiger partial charge in [-0.25, -0.2) is 0 Å². The summed E-state index contributed by atoms with van der Waals surface area (Å²) in [5.74, 6) is 0.108. The van der Waals surface area contributed by atoms with E-state index in [1.807, 2.05) is 13.8 Å². The highest BCUT2D eigenvalue weighted by Gasteiger charge is 2.29. The molecule has 0 aliphatic rings. The number of hydrogen-bond donors (Lipinski definition) is 5. The third-order valence-electron chi connectivity index (χ3n) is 7.04. The Hall–Kier alpha value is -2.20. The van der Waals surface area contributed by atoms with Crippen molar-refractivity contribution in [1.82, 2.24) is 4.90 Å². The van der Waals surface area contributed by atoms with E-state index in [-0.39, 0.29) is 19.1 Å². The van der Waals surface area contributed by atoms with Crippen molar-refractivity contribution in [3.8, 4) is 11.1 Å². The number of aliphatic hydroxyl groups is 4. The van der Waals surface area contributed by atoms with Gasteiger partial charge in [-0.3, -0.25) is 0 Å². The molecule has 2 aromatic carbocycles. The van der Waals surface area contributed by atoms with Gasteiger partial charge in [0, 0.05) is 26.2 Å². The monoisotopic (exact) mass is 529 g/mol. The van der Waals surface area contributed by atoms with Crippen LogP contribution in [-0.2, 0) is 12.8 Å². The molecule has 0 aliphatic heterocycles. The minimum Gasteiger partial charge on any atom is -0.396 e. The molecule has 8 heteroatoms. The first-order valence-corrected chi connectivity index (χ1v) is 13.9. The number of nitrogens with two attached hydrogens (primary N) is 1. The van der Waals surface area contributed by atoms with E-state index in [4.69, 9.17) is 10.8 Å². The largest absolute Gasteiger partial charge is 0.396 e. The molecule has 2 rings (SSSR count). The van der Waals surface area contributed by atoms with Crippen molar-refractivity contribution >= 4 is 0 Å². The molecule has 0 bridgehead atoms. The highest BCUT2D eigenvalue weighted by molar-refractivity contribution is 5.64. The molecule has 0 fully saturated rings. The summed E-state index contributed by atoms with van der Waals surface area (Å²) in [6.07, 6.45) is 0.902. The van der Waals surface area contributed by atoms with Gasteiger partial charge < -0.3 is 31.1 Å². The predicted molar refractivity (Wildman–Crippen MR) is 153 cm³/mol. The molecule has 0 saturated carbocycles. The number of hydrogen-bond acceptors (Lipinski definition) is 8. The molecule has 212 valence electrons. The molecule has 5 unspecified atom stereocenters. The smallest absolute Gasteiger partial charge is 0.145 e. The Morgan fingerprint density at radius 2 is 1.45 bits per heavy atom. The topological polar surface area (TPSA) is 140 Å². The van der Waals surface area contributed by atoms with Gasteiger partial charge in [-0.15, -0.1) is 0 Å². The molecule has 8 nitrogen and oxygen atoms in total. The molecule has 6 N–H and O–H groups in total. The minimum absolute atomic E-state index is 0.0633. The number of nitrogens with zero attached hydrogens (tertiary/aromatic N) is 2. The van der Waals surface area contributed by atoms with Crippen LogP contribution in [0.2, 0.25) is 0 Å². The molecule has 0 aliphatic carbocycles. The maximum Gasteiger partial charge on any atom is 0.145 e. The molecule has 0 amide bonds. The molecular weight excluding hydrogens is 482 g/mol. The first-order chi connectivity index (χ1) is 18.3. The Kier molecular flexibility index (Phi) is 14.7. The van der Waals surface area contributed by atoms with Crippen LogP contribution in [0.15, 0.2) is 53.7 Å². The van der Waals surface area contributed by atoms with Crippen LogP contribution in [0, 0.1) is 10.8 Å². The van der Waals surface area contributed by atoms with Crippen LogP contribution in [0.4, 0.5) is 0 Å². The second-order valence-corrected chi connectivity index (χ2v) is 10.5. The van der Waals surface area contributed by atoms with E-state index in [9.17, 15) is 20.2 Å². The Balaban J connectivity index is 2.06. The Morgan fingerprint density at radius 3 is 1.95 bits per heavy atom. The minimum atomic E-state index is -1.09. The summed E-state index contributed by atoms with van der Waals surface area (Å²) < 4.78 is 0. The zero-order valence-corrected chi connectivity index (χ0v) is 23.0. The quantitative estimate of drug-likeness (QED) is 0.176. The lowest BCUT2D eigenvalue weighted by Crippen LogP contribution is -2.45. The Labute approximate surface area is 227 Å². The van der Waals surface area contributed by atoms with Gasteiger partial charge in [-0.05, 0) is 66.8 Å². The van der Waals surface area contributed by atoms with Crippen molar-refractivity contribution < 1.29 is 20.4 Å². The summed E-state index contributed by atoms with van der Waals surface area (Å²) in [6.45, 7) is 5.94. The van der Waals surface area contributed by atoms with E-state index in [0.717, 1.165) is 29.5 Å². The lowest BCUT2D eigenvalue weighted by molar-refractivity contribution is 0.0249. The van der Waals surface area contributed by atoms with Crippen molar-refractivity contribution in [2.45, 2.75) is 76.7 Å². The normalized spacial score (nSPS) is 15.7. The van der Waals surface area contributed by atoms with Crippen molar-refractivity contribution in [2.24, 2.45) is 16.8 Å². The van der Waals surface area contributed by atoms with E-state index in [0.29, 0.717) is 45.3 Å². The Bertz CT molecular complexity index is 909. The van der Waals surface area contributed by atoms with Gasteiger partial charge in [-0.1, -0.05) is 74.0 Å². The summed E-state index contributed by atoms with van der Waals surface area (Å²) in [5, 5.41) is 43.3. The highest BCUT2D eigenvalue weighted by atomic mass is 16.3. The van der Waals surface area contributed by atoms with Gasteiger partial charge in [0.05, 0.1) is 18.3 Å². The fourth-order valence-corrected chi connectivity index (χ4v) is 4.92. The first kappa shape index (κ1) is 32.0. The summed E-state index contributed by atoms with van der Waals surface area (Å²) in [5.41, 5.74) is 10.3. The van der Waals surface area contributed by atoms with Crippen molar-refractivity contribution in [3.05, 3.63) is 64.6 Å². The second-order valence-electron chi connectivity index (χ2n) is 10.5. The van der Waals surface area contributed by atoms with Crippen LogP contribution < -0.4 is 5.73 Å². The summed E-state index contributed by atoms with van der Waals surface area (Å²) in [7, 11) is 0. The molecule has 5 atom stereocenters. The molecule has 0 radical (unpaired) electrons. The van der Waals surface area contributed by atoms with Crippen LogP contribution >= 0.6 is 0 Å². The lowest BCUT2D eigenvalue weighted by atomic mass is 9.98. The molecular formula is C30H47N3O5. The maximum absolute atomic E-state index is 11.4. The van der Waals surface area contributed by atoms with Crippen LogP contribution in [0.1, 0.15) is 50.7 Å². The van der Waals surface area contributed by atoms with Gasteiger partial charge in [0.25, 0.3) is 0 Å². The molecule has 0 saturated heterocycles. The van der Waals surface area contributed by atoms with E-state index >= 15 is 0 Å². The summed E-state index contributed by atoms with van der Waals surface area (Å²) >= 11 is 0. The first-order valence-electron chi connectivity index (χ1n) is 13.9. The van der Waals surface area contributed by atoms with Gasteiger partial charge in [0.2, 0.25) is 0 Å². The molecule has 0 spiro atoms. The second kappa shape index (κ2) is 17.4. The third-order valence-corrected chi connectivity index (χ3v) is 7.04. The molecule has 2 aromatic rings. The third kappa shape index (κ3) is 10.9. The van der Waals surface area contributed by atoms with Crippen molar-refractivity contribution in [1.29, 1.82) is 0 Å². The standard InChI is InChI=1S/C30H47N3O5/c1-3-4-28(36)30(32-38)29(37)21-33(20-22(2)19-27(35)15-18-34)17-14-24-7-11-26(12-8-24)25-9-5-23(6-10-25)13-16-31/h5-12,22,27-30,34-37H,3-4,13-21,31H2,1-2H3. The predicted octanol–water partition coefficient (Wildman–Crippen LogP) is 3.13. The van der Waals surface area contributed by atoms with Crippen molar-refractivity contribution in [2.75, 3.05) is 32.8 Å². The summed E-state index contributed by atoms with van der Waals surface area (Å²) in [6, 6.07) is 15.8. The average molecular weight is 530 g/mol. The van der Waals surface area contributed by atoms with Crippen LogP contribution in [-0.4, -0.2) is 82.5 Å². The zero-order valence-electron chi connectivity index (χ0n) is 23.0. The fraction of sp³-hybridized carbons (Fsp3) is 0.600. The van der Waals surface area contributed by atoms with Gasteiger partial charge in [0.1, 0.15) is 6.04 Å². The van der Waals surface area contributed by atoms with E-state index in [1.54, 1.807) is 0 Å². The molecule has 0 heterocycles. The van der Waals surface area contributed by atoms with Crippen LogP contribution in [0.3, 0.4) is 0 Å². The molecule has 0 aromatic heterocycles. The number of aliphatic hydroxyl groups excluding tert-OH is 4. The van der Waals surface area contributed by atoms with Crippen LogP contribution in [0.25, 0.3) is 11.1 Å². The van der Waals surface area contributed by atoms with Gasteiger partial charge in [0.15, 0.2) is 0 Å². The molecule has 38 heavy (non-hydrogen) atoms. The van der Waals surface area contributed by atoms with E-state index < -0.39 is 24.4 Å². The summed E-state index contributed by atoms with van der Waals surface area (Å²) in [4.78, 5) is 13.5. The van der Waals surface area contributed by atoms with Crippen molar-refractivity contribution in [3.63, 3.8) is 0 Å². The number of nitroso groups, excluding NO2 is 1. The van der Waals surface area contributed by atoms with Crippen LogP contribution in [0.5, 0.6) is 0 Å². The number of rotatable bonds is 19. The van der Waals surface area contributed by atoms with Gasteiger partial charge >= 0.3 is 0 Å². The lowest BCUT2D eigenvalue weighted by Gasteiger charge is -2.31. The average Bonchev–Trinajstić information content (AvgIpc) is 2.89. The maximum atomic E-state index is 11.4. The van der Waals surface area contributed by atoms with E-state index in [1.165, 1.54) is 5.56 Å². The van der Waals surface area contributed by atoms with Gasteiger partial charge in [-0.2, -0.15) is 4.91 Å². The SMILES string of the molecule is CCCC(O)C(N=O)C(O)CN(CCc1ccc(-c2ccc(CCN)cc2)cc1)CC(C)CC(O)CCO. The fourth-order valence-electron chi connectivity index (χ4n) is 4.92. The van der Waals surface area contributed by atoms with E-state index in [2.05, 4.69) is 58.6 Å². The number of benzene rings is 2. The highest BCUT2D eigenvalue weighted by Crippen LogP contribution is 2.21. The zero-order chi connectivity index (χ0) is 27.9. The Morgan fingerprint density at radius 1 is 0.868 bits per heavy atom.